The van der Waals surface area contributed by atoms with Crippen LogP contribution in [0.2, 0.25) is 0 Å². The van der Waals surface area contributed by atoms with Crippen molar-refractivity contribution in [3.05, 3.63) is 29.3 Å². The zero-order chi connectivity index (χ0) is 15.6. The lowest BCUT2D eigenvalue weighted by molar-refractivity contribution is -0.143. The van der Waals surface area contributed by atoms with Gasteiger partial charge in [0.2, 0.25) is 11.8 Å². The molecule has 1 aliphatic rings. The van der Waals surface area contributed by atoms with E-state index in [0.717, 1.165) is 16.8 Å². The van der Waals surface area contributed by atoms with Crippen LogP contribution in [-0.4, -0.2) is 49.6 Å². The highest BCUT2D eigenvalue weighted by molar-refractivity contribution is 6.00. The minimum absolute atomic E-state index is 0.0150. The highest BCUT2D eigenvalue weighted by Gasteiger charge is 2.35. The molecule has 1 aromatic rings. The molecule has 0 spiro atoms. The summed E-state index contributed by atoms with van der Waals surface area (Å²) < 4.78 is 4.87. The molecule has 1 aromatic carbocycles. The van der Waals surface area contributed by atoms with Crippen LogP contribution in [0.3, 0.4) is 0 Å². The molecule has 0 N–H and O–H groups in total. The van der Waals surface area contributed by atoms with E-state index in [2.05, 4.69) is 0 Å². The van der Waals surface area contributed by atoms with Crippen molar-refractivity contribution >= 4 is 17.5 Å². The van der Waals surface area contributed by atoms with Crippen LogP contribution in [0.15, 0.2) is 18.2 Å². The number of amides is 2. The van der Waals surface area contributed by atoms with Crippen LogP contribution < -0.4 is 4.90 Å². The van der Waals surface area contributed by atoms with Crippen molar-refractivity contribution < 1.29 is 14.3 Å². The molecule has 1 heterocycles. The normalized spacial score (nSPS) is 19.0. The van der Waals surface area contributed by atoms with Crippen LogP contribution in [-0.2, 0) is 14.3 Å². The Bertz CT molecular complexity index is 556. The third-order valence-corrected chi connectivity index (χ3v) is 3.90. The van der Waals surface area contributed by atoms with Crippen LogP contribution in [0, 0.1) is 13.8 Å². The minimum Gasteiger partial charge on any atom is -0.375 e. The standard InChI is InChI=1S/C16H22N2O3/c1-11-5-6-12(2)14(9-11)18-8-7-17(13(3)16(18)20)15(19)10-21-4/h5-6,9,13H,7-8,10H2,1-4H3/t13-/m1/s1. The van der Waals surface area contributed by atoms with Crippen molar-refractivity contribution in [1.29, 1.82) is 0 Å². The number of piperazine rings is 1. The molecule has 1 atom stereocenters. The molecule has 114 valence electrons. The smallest absolute Gasteiger partial charge is 0.249 e. The van der Waals surface area contributed by atoms with E-state index >= 15 is 0 Å². The molecule has 0 aromatic heterocycles. The summed E-state index contributed by atoms with van der Waals surface area (Å²) in [6, 6.07) is 5.62. The number of anilines is 1. The second-order valence-electron chi connectivity index (χ2n) is 5.48. The van der Waals surface area contributed by atoms with Crippen LogP contribution in [0.25, 0.3) is 0 Å². The number of nitrogens with zero attached hydrogens (tertiary/aromatic N) is 2. The molecule has 21 heavy (non-hydrogen) atoms. The zero-order valence-electron chi connectivity index (χ0n) is 13.0. The van der Waals surface area contributed by atoms with Crippen molar-refractivity contribution in [2.45, 2.75) is 26.8 Å². The molecule has 2 amide bonds. The lowest BCUT2D eigenvalue weighted by atomic mass is 10.1. The Balaban J connectivity index is 2.21. The molecular formula is C16H22N2O3. The predicted molar refractivity (Wildman–Crippen MR) is 81.3 cm³/mol. The number of aryl methyl sites for hydroxylation is 2. The molecule has 0 aliphatic carbocycles. The number of hydrogen-bond donors (Lipinski definition) is 0. The second kappa shape index (κ2) is 6.26. The van der Waals surface area contributed by atoms with Gasteiger partial charge in [-0.2, -0.15) is 0 Å². The molecule has 5 heteroatoms. The SMILES string of the molecule is COCC(=O)N1CCN(c2cc(C)ccc2C)C(=O)[C@H]1C. The van der Waals surface area contributed by atoms with E-state index in [1.54, 1.807) is 16.7 Å². The van der Waals surface area contributed by atoms with Gasteiger partial charge in [0.25, 0.3) is 0 Å². The van der Waals surface area contributed by atoms with Gasteiger partial charge in [-0.15, -0.1) is 0 Å². The Morgan fingerprint density at radius 3 is 2.71 bits per heavy atom. The highest BCUT2D eigenvalue weighted by Crippen LogP contribution is 2.25. The van der Waals surface area contributed by atoms with Crippen LogP contribution in [0.5, 0.6) is 0 Å². The third kappa shape index (κ3) is 3.08. The molecule has 0 unspecified atom stereocenters. The van der Waals surface area contributed by atoms with Gasteiger partial charge in [-0.05, 0) is 38.0 Å². The summed E-state index contributed by atoms with van der Waals surface area (Å²) in [5.74, 6) is -0.182. The van der Waals surface area contributed by atoms with Gasteiger partial charge in [0.05, 0.1) is 0 Å². The third-order valence-electron chi connectivity index (χ3n) is 3.90. The van der Waals surface area contributed by atoms with Crippen LogP contribution in [0.4, 0.5) is 5.69 Å². The Hall–Kier alpha value is -1.88. The largest absolute Gasteiger partial charge is 0.375 e. The highest BCUT2D eigenvalue weighted by atomic mass is 16.5. The van der Waals surface area contributed by atoms with Gasteiger partial charge < -0.3 is 14.5 Å². The van der Waals surface area contributed by atoms with Gasteiger partial charge in [-0.3, -0.25) is 9.59 Å². The lowest BCUT2D eigenvalue weighted by Gasteiger charge is -2.39. The second-order valence-corrected chi connectivity index (χ2v) is 5.48. The lowest BCUT2D eigenvalue weighted by Crippen LogP contribution is -2.58. The number of ether oxygens (including phenoxy) is 1. The van der Waals surface area contributed by atoms with Gasteiger partial charge in [0.15, 0.2) is 0 Å². The number of carbonyl (C=O) groups is 2. The van der Waals surface area contributed by atoms with Crippen molar-refractivity contribution in [3.8, 4) is 0 Å². The van der Waals surface area contributed by atoms with Gasteiger partial charge >= 0.3 is 0 Å². The molecule has 5 nitrogen and oxygen atoms in total. The summed E-state index contributed by atoms with van der Waals surface area (Å²) in [7, 11) is 1.48. The van der Waals surface area contributed by atoms with E-state index < -0.39 is 6.04 Å². The Morgan fingerprint density at radius 2 is 2.05 bits per heavy atom. The molecule has 0 saturated carbocycles. The van der Waals surface area contributed by atoms with E-state index in [1.807, 2.05) is 32.0 Å². The molecule has 1 fully saturated rings. The summed E-state index contributed by atoms with van der Waals surface area (Å²) in [5.41, 5.74) is 3.12. The molecule has 1 aliphatic heterocycles. The first-order chi connectivity index (χ1) is 9.95. The summed E-state index contributed by atoms with van der Waals surface area (Å²) in [6.45, 7) is 6.84. The fraction of sp³-hybridized carbons (Fsp3) is 0.500. The molecular weight excluding hydrogens is 268 g/mol. The average molecular weight is 290 g/mol. The minimum atomic E-state index is -0.457. The Kier molecular flexibility index (Phi) is 4.63. The summed E-state index contributed by atoms with van der Waals surface area (Å²) in [6.07, 6.45) is 0. The van der Waals surface area contributed by atoms with E-state index in [1.165, 1.54) is 7.11 Å². The maximum Gasteiger partial charge on any atom is 0.249 e. The van der Waals surface area contributed by atoms with Gasteiger partial charge in [-0.25, -0.2) is 0 Å². The topological polar surface area (TPSA) is 49.9 Å². The van der Waals surface area contributed by atoms with E-state index in [0.29, 0.717) is 13.1 Å². The monoisotopic (exact) mass is 290 g/mol. The molecule has 0 radical (unpaired) electrons. The maximum atomic E-state index is 12.6. The first-order valence-electron chi connectivity index (χ1n) is 7.12. The summed E-state index contributed by atoms with van der Waals surface area (Å²) in [5, 5.41) is 0. The van der Waals surface area contributed by atoms with E-state index in [-0.39, 0.29) is 18.4 Å². The van der Waals surface area contributed by atoms with Gasteiger partial charge in [0, 0.05) is 25.9 Å². The fourth-order valence-electron chi connectivity index (χ4n) is 2.67. The molecule has 2 rings (SSSR count). The van der Waals surface area contributed by atoms with E-state index in [9.17, 15) is 9.59 Å². The van der Waals surface area contributed by atoms with Crippen molar-refractivity contribution in [2.75, 3.05) is 31.7 Å². The van der Waals surface area contributed by atoms with Gasteiger partial charge in [-0.1, -0.05) is 12.1 Å². The first kappa shape index (κ1) is 15.5. The van der Waals surface area contributed by atoms with Gasteiger partial charge in [0.1, 0.15) is 12.6 Å². The van der Waals surface area contributed by atoms with Crippen LogP contribution >= 0.6 is 0 Å². The first-order valence-corrected chi connectivity index (χ1v) is 7.12. The van der Waals surface area contributed by atoms with E-state index in [4.69, 9.17) is 4.74 Å². The van der Waals surface area contributed by atoms with Crippen molar-refractivity contribution in [2.24, 2.45) is 0 Å². The van der Waals surface area contributed by atoms with Crippen molar-refractivity contribution in [1.82, 2.24) is 4.90 Å². The van der Waals surface area contributed by atoms with Crippen molar-refractivity contribution in [3.63, 3.8) is 0 Å². The quantitative estimate of drug-likeness (QED) is 0.848. The Morgan fingerprint density at radius 1 is 1.33 bits per heavy atom. The number of methoxy groups -OCH3 is 1. The summed E-state index contributed by atoms with van der Waals surface area (Å²) in [4.78, 5) is 27.9. The number of hydrogen-bond acceptors (Lipinski definition) is 3. The number of carbonyl (C=O) groups excluding carboxylic acids is 2. The fourth-order valence-corrected chi connectivity index (χ4v) is 2.67. The molecule has 1 saturated heterocycles. The molecule has 0 bridgehead atoms. The number of rotatable bonds is 3. The summed E-state index contributed by atoms with van der Waals surface area (Å²) >= 11 is 0. The zero-order valence-corrected chi connectivity index (χ0v) is 13.0. The average Bonchev–Trinajstić information content (AvgIpc) is 2.45. The van der Waals surface area contributed by atoms with Crippen LogP contribution in [0.1, 0.15) is 18.1 Å². The Labute approximate surface area is 125 Å². The number of benzene rings is 1. The predicted octanol–water partition coefficient (Wildman–Crippen LogP) is 1.51. The maximum absolute atomic E-state index is 12.6.